The molecule has 0 bridgehead atoms. The molecule has 0 atom stereocenters. The zero-order chi connectivity index (χ0) is 14.7. The van der Waals surface area contributed by atoms with Gasteiger partial charge in [-0.3, -0.25) is 0 Å². The minimum Gasteiger partial charge on any atom is -0.324 e. The Bertz CT molecular complexity index is 699. The van der Waals surface area contributed by atoms with Crippen LogP contribution in [-0.4, -0.2) is 24.1 Å². The maximum absolute atomic E-state index is 5.70. The zero-order valence-corrected chi connectivity index (χ0v) is 12.8. The van der Waals surface area contributed by atoms with Gasteiger partial charge >= 0.3 is 0 Å². The molecule has 0 unspecified atom stereocenters. The van der Waals surface area contributed by atoms with Crippen molar-refractivity contribution < 1.29 is 0 Å². The van der Waals surface area contributed by atoms with Crippen LogP contribution in [0, 0.1) is 0 Å². The van der Waals surface area contributed by atoms with Gasteiger partial charge in [-0.15, -0.1) is 10.2 Å². The van der Waals surface area contributed by atoms with Gasteiger partial charge in [0.05, 0.1) is 12.2 Å². The summed E-state index contributed by atoms with van der Waals surface area (Å²) in [6.45, 7) is 3.45. The Morgan fingerprint density at radius 1 is 1.29 bits per heavy atom. The lowest BCUT2D eigenvalue weighted by Gasteiger charge is -2.06. The molecule has 0 saturated heterocycles. The maximum Gasteiger partial charge on any atom is 0.191 e. The van der Waals surface area contributed by atoms with E-state index in [0.717, 1.165) is 41.0 Å². The summed E-state index contributed by atoms with van der Waals surface area (Å²) in [5.74, 6) is 1.61. The summed E-state index contributed by atoms with van der Waals surface area (Å²) >= 11 is 1.65. The highest BCUT2D eigenvalue weighted by atomic mass is 32.2. The van der Waals surface area contributed by atoms with Gasteiger partial charge in [-0.05, 0) is 18.6 Å². The second-order valence-corrected chi connectivity index (χ2v) is 5.68. The van der Waals surface area contributed by atoms with E-state index in [9.17, 15) is 0 Å². The fourth-order valence-corrected chi connectivity index (χ4v) is 3.09. The zero-order valence-electron chi connectivity index (χ0n) is 11.9. The highest BCUT2D eigenvalue weighted by Gasteiger charge is 2.11. The largest absolute Gasteiger partial charge is 0.324 e. The van der Waals surface area contributed by atoms with Crippen molar-refractivity contribution in [1.82, 2.24) is 24.1 Å². The molecule has 0 aromatic carbocycles. The van der Waals surface area contributed by atoms with Crippen molar-refractivity contribution in [2.24, 2.45) is 5.73 Å². The van der Waals surface area contributed by atoms with E-state index in [1.165, 1.54) is 0 Å². The van der Waals surface area contributed by atoms with Crippen LogP contribution < -0.4 is 5.73 Å². The molecule has 3 rings (SSSR count). The third-order valence-electron chi connectivity index (χ3n) is 3.19. The molecular weight excluding hydrogens is 284 g/mol. The molecule has 0 aliphatic heterocycles. The van der Waals surface area contributed by atoms with Gasteiger partial charge in [-0.2, -0.15) is 0 Å². The number of pyridine rings is 1. The van der Waals surface area contributed by atoms with E-state index in [1.54, 1.807) is 11.8 Å². The van der Waals surface area contributed by atoms with Crippen LogP contribution in [0.3, 0.4) is 0 Å². The SMILES string of the molecule is CCCn1c(CN)nnc1SCc1cn2ccccc2n1. The molecule has 2 N–H and O–H groups in total. The first-order valence-corrected chi connectivity index (χ1v) is 7.98. The summed E-state index contributed by atoms with van der Waals surface area (Å²) in [6, 6.07) is 5.99. The molecule has 110 valence electrons. The number of imidazole rings is 1. The molecule has 7 heteroatoms. The van der Waals surface area contributed by atoms with E-state index in [2.05, 4.69) is 26.7 Å². The average molecular weight is 302 g/mol. The van der Waals surface area contributed by atoms with Crippen molar-refractivity contribution in [3.05, 3.63) is 42.1 Å². The number of hydrogen-bond acceptors (Lipinski definition) is 5. The van der Waals surface area contributed by atoms with Crippen molar-refractivity contribution in [2.45, 2.75) is 37.3 Å². The molecule has 0 fully saturated rings. The number of thioether (sulfide) groups is 1. The van der Waals surface area contributed by atoms with Crippen LogP contribution in [-0.2, 0) is 18.8 Å². The molecule has 0 aliphatic rings. The highest BCUT2D eigenvalue weighted by Crippen LogP contribution is 2.22. The standard InChI is InChI=1S/C14H18N6S/c1-2-6-20-13(8-15)17-18-14(20)21-10-11-9-19-7-4-3-5-12(19)16-11/h3-5,7,9H,2,6,8,10,15H2,1H3. The van der Waals surface area contributed by atoms with Gasteiger partial charge < -0.3 is 14.7 Å². The number of nitrogens with two attached hydrogens (primary N) is 1. The Morgan fingerprint density at radius 2 is 2.19 bits per heavy atom. The van der Waals surface area contributed by atoms with E-state index >= 15 is 0 Å². The van der Waals surface area contributed by atoms with Crippen molar-refractivity contribution in [2.75, 3.05) is 0 Å². The monoisotopic (exact) mass is 302 g/mol. The van der Waals surface area contributed by atoms with E-state index in [4.69, 9.17) is 5.73 Å². The highest BCUT2D eigenvalue weighted by molar-refractivity contribution is 7.98. The number of aromatic nitrogens is 5. The predicted octanol–water partition coefficient (Wildman–Crippen LogP) is 2.09. The van der Waals surface area contributed by atoms with Crippen molar-refractivity contribution >= 4 is 17.4 Å². The van der Waals surface area contributed by atoms with E-state index in [-0.39, 0.29) is 0 Å². The van der Waals surface area contributed by atoms with Crippen molar-refractivity contribution in [3.8, 4) is 0 Å². The molecule has 0 saturated carbocycles. The quantitative estimate of drug-likeness (QED) is 0.706. The summed E-state index contributed by atoms with van der Waals surface area (Å²) in [5.41, 5.74) is 7.70. The Hall–Kier alpha value is -1.86. The molecule has 0 aliphatic carbocycles. The lowest BCUT2D eigenvalue weighted by molar-refractivity contribution is 0.592. The first-order chi connectivity index (χ1) is 10.3. The van der Waals surface area contributed by atoms with Crippen molar-refractivity contribution in [1.29, 1.82) is 0 Å². The molecule has 0 spiro atoms. The van der Waals surface area contributed by atoms with Gasteiger partial charge in [0.1, 0.15) is 11.5 Å². The van der Waals surface area contributed by atoms with Gasteiger partial charge in [-0.1, -0.05) is 24.8 Å². The second kappa shape index (κ2) is 6.28. The van der Waals surface area contributed by atoms with Crippen molar-refractivity contribution in [3.63, 3.8) is 0 Å². The third-order valence-corrected chi connectivity index (χ3v) is 4.19. The fourth-order valence-electron chi connectivity index (χ4n) is 2.22. The summed E-state index contributed by atoms with van der Waals surface area (Å²) in [4.78, 5) is 4.59. The summed E-state index contributed by atoms with van der Waals surface area (Å²) < 4.78 is 4.12. The Balaban J connectivity index is 1.76. The van der Waals surface area contributed by atoms with E-state index in [1.807, 2.05) is 35.0 Å². The third kappa shape index (κ3) is 2.93. The first-order valence-electron chi connectivity index (χ1n) is 6.99. The van der Waals surface area contributed by atoms with Crippen LogP contribution in [0.2, 0.25) is 0 Å². The molecule has 3 heterocycles. The minimum atomic E-state index is 0.419. The van der Waals surface area contributed by atoms with Gasteiger partial charge in [0.25, 0.3) is 0 Å². The van der Waals surface area contributed by atoms with Crippen LogP contribution in [0.15, 0.2) is 35.7 Å². The van der Waals surface area contributed by atoms with Crippen LogP contribution in [0.5, 0.6) is 0 Å². The number of hydrogen-bond donors (Lipinski definition) is 1. The smallest absolute Gasteiger partial charge is 0.191 e. The maximum atomic E-state index is 5.70. The average Bonchev–Trinajstić information content (AvgIpc) is 3.08. The predicted molar refractivity (Wildman–Crippen MR) is 83.0 cm³/mol. The van der Waals surface area contributed by atoms with Gasteiger partial charge in [0.15, 0.2) is 5.16 Å². The molecule has 0 amide bonds. The first kappa shape index (κ1) is 14.1. The van der Waals surface area contributed by atoms with Crippen LogP contribution in [0.25, 0.3) is 5.65 Å². The normalized spacial score (nSPS) is 11.3. The Labute approximate surface area is 127 Å². The second-order valence-electron chi connectivity index (χ2n) is 4.74. The van der Waals surface area contributed by atoms with Gasteiger partial charge in [0.2, 0.25) is 0 Å². The molecular formula is C14H18N6S. The lowest BCUT2D eigenvalue weighted by Crippen LogP contribution is -2.09. The summed E-state index contributed by atoms with van der Waals surface area (Å²) in [6.07, 6.45) is 5.09. The Kier molecular flexibility index (Phi) is 4.21. The lowest BCUT2D eigenvalue weighted by atomic mass is 10.4. The molecule has 3 aromatic heterocycles. The molecule has 0 radical (unpaired) electrons. The molecule has 21 heavy (non-hydrogen) atoms. The van der Waals surface area contributed by atoms with Crippen LogP contribution in [0.1, 0.15) is 24.9 Å². The summed E-state index contributed by atoms with van der Waals surface area (Å²) in [7, 11) is 0. The number of fused-ring (bicyclic) bond motifs is 1. The molecule has 6 nitrogen and oxygen atoms in total. The summed E-state index contributed by atoms with van der Waals surface area (Å²) in [5, 5.41) is 9.30. The van der Waals surface area contributed by atoms with Gasteiger partial charge in [0, 0.05) is 24.7 Å². The van der Waals surface area contributed by atoms with Crippen LogP contribution in [0.4, 0.5) is 0 Å². The molecule has 3 aromatic rings. The minimum absolute atomic E-state index is 0.419. The fraction of sp³-hybridized carbons (Fsp3) is 0.357. The van der Waals surface area contributed by atoms with Crippen LogP contribution >= 0.6 is 11.8 Å². The topological polar surface area (TPSA) is 74.0 Å². The van der Waals surface area contributed by atoms with E-state index in [0.29, 0.717) is 6.54 Å². The number of rotatable bonds is 6. The Morgan fingerprint density at radius 3 is 2.95 bits per heavy atom. The number of nitrogens with zero attached hydrogens (tertiary/aromatic N) is 5. The van der Waals surface area contributed by atoms with Gasteiger partial charge in [-0.25, -0.2) is 4.98 Å². The van der Waals surface area contributed by atoms with E-state index < -0.39 is 0 Å².